The van der Waals surface area contributed by atoms with Crippen LogP contribution in [0.1, 0.15) is 29.7 Å². The Hall–Kier alpha value is -0.740. The molecule has 1 nitrogen and oxygen atoms in total. The monoisotopic (exact) mass is 385 g/mol. The van der Waals surface area contributed by atoms with Crippen LogP contribution in [0.2, 0.25) is 5.02 Å². The van der Waals surface area contributed by atoms with Gasteiger partial charge in [0.25, 0.3) is 0 Å². The molecule has 0 saturated carbocycles. The van der Waals surface area contributed by atoms with E-state index in [1.807, 2.05) is 12.1 Å². The fourth-order valence-corrected chi connectivity index (χ4v) is 3.14. The number of hydrogen-bond acceptors (Lipinski definition) is 1. The zero-order valence-corrected chi connectivity index (χ0v) is 14.2. The molecule has 2 aromatic carbocycles. The standard InChI is InChI=1S/C16H17ClIN/c1-10-4-6-14(11(2)8-10)12(3)19-16-7-5-13(18)9-15(16)17/h4-9,12,19H,1-3H3. The highest BCUT2D eigenvalue weighted by molar-refractivity contribution is 14.1. The zero-order valence-electron chi connectivity index (χ0n) is 11.3. The molecule has 0 saturated heterocycles. The summed E-state index contributed by atoms with van der Waals surface area (Å²) < 4.78 is 1.15. The highest BCUT2D eigenvalue weighted by Crippen LogP contribution is 2.28. The van der Waals surface area contributed by atoms with E-state index in [2.05, 4.69) is 72.9 Å². The zero-order chi connectivity index (χ0) is 14.0. The molecule has 100 valence electrons. The van der Waals surface area contributed by atoms with Crippen molar-refractivity contribution >= 4 is 39.9 Å². The molecule has 0 aliphatic heterocycles. The van der Waals surface area contributed by atoms with Crippen LogP contribution in [-0.4, -0.2) is 0 Å². The van der Waals surface area contributed by atoms with Crippen molar-refractivity contribution in [3.8, 4) is 0 Å². The van der Waals surface area contributed by atoms with Gasteiger partial charge in [-0.05, 0) is 72.7 Å². The molecule has 0 amide bonds. The van der Waals surface area contributed by atoms with Crippen molar-refractivity contribution in [2.24, 2.45) is 0 Å². The van der Waals surface area contributed by atoms with Gasteiger partial charge in [0.05, 0.1) is 10.7 Å². The molecule has 0 aliphatic rings. The van der Waals surface area contributed by atoms with E-state index in [9.17, 15) is 0 Å². The number of hydrogen-bond donors (Lipinski definition) is 1. The Labute approximate surface area is 133 Å². The van der Waals surface area contributed by atoms with Crippen LogP contribution in [0.25, 0.3) is 0 Å². The van der Waals surface area contributed by atoms with Gasteiger partial charge in [-0.25, -0.2) is 0 Å². The average Bonchev–Trinajstić information content (AvgIpc) is 2.32. The Morgan fingerprint density at radius 3 is 2.47 bits per heavy atom. The topological polar surface area (TPSA) is 12.0 Å². The van der Waals surface area contributed by atoms with Gasteiger partial charge in [0.15, 0.2) is 0 Å². The number of nitrogens with one attached hydrogen (secondary N) is 1. The van der Waals surface area contributed by atoms with Crippen molar-refractivity contribution in [3.05, 3.63) is 61.7 Å². The van der Waals surface area contributed by atoms with Crippen molar-refractivity contribution in [2.75, 3.05) is 5.32 Å². The molecule has 3 heteroatoms. The van der Waals surface area contributed by atoms with E-state index in [0.29, 0.717) is 0 Å². The summed E-state index contributed by atoms with van der Waals surface area (Å²) in [6.45, 7) is 6.42. The van der Waals surface area contributed by atoms with Crippen LogP contribution >= 0.6 is 34.2 Å². The van der Waals surface area contributed by atoms with Crippen LogP contribution < -0.4 is 5.32 Å². The highest BCUT2D eigenvalue weighted by Gasteiger charge is 2.10. The van der Waals surface area contributed by atoms with Gasteiger partial charge < -0.3 is 5.32 Å². The minimum atomic E-state index is 0.234. The maximum atomic E-state index is 6.26. The molecule has 2 aromatic rings. The van der Waals surface area contributed by atoms with E-state index < -0.39 is 0 Å². The van der Waals surface area contributed by atoms with Gasteiger partial charge >= 0.3 is 0 Å². The van der Waals surface area contributed by atoms with Crippen molar-refractivity contribution in [2.45, 2.75) is 26.8 Å². The van der Waals surface area contributed by atoms with Crippen LogP contribution in [-0.2, 0) is 0 Å². The first-order chi connectivity index (χ1) is 8.97. The fraction of sp³-hybridized carbons (Fsp3) is 0.250. The summed E-state index contributed by atoms with van der Waals surface area (Å²) >= 11 is 8.52. The van der Waals surface area contributed by atoms with E-state index in [-0.39, 0.29) is 6.04 Å². The van der Waals surface area contributed by atoms with Crippen LogP contribution in [0.3, 0.4) is 0 Å². The van der Waals surface area contributed by atoms with Gasteiger partial charge in [-0.1, -0.05) is 35.4 Å². The molecular formula is C16H17ClIN. The van der Waals surface area contributed by atoms with E-state index in [1.54, 1.807) is 0 Å². The Bertz CT molecular complexity index is 595. The highest BCUT2D eigenvalue weighted by atomic mass is 127. The van der Waals surface area contributed by atoms with Crippen LogP contribution in [0.15, 0.2) is 36.4 Å². The van der Waals surface area contributed by atoms with Gasteiger partial charge in [0.2, 0.25) is 0 Å². The molecule has 1 N–H and O–H groups in total. The molecule has 0 bridgehead atoms. The molecule has 19 heavy (non-hydrogen) atoms. The molecule has 0 radical (unpaired) electrons. The van der Waals surface area contributed by atoms with Gasteiger partial charge in [0.1, 0.15) is 0 Å². The third-order valence-electron chi connectivity index (χ3n) is 3.19. The third kappa shape index (κ3) is 3.63. The normalized spacial score (nSPS) is 12.3. The predicted molar refractivity (Wildman–Crippen MR) is 92.1 cm³/mol. The Balaban J connectivity index is 2.23. The summed E-state index contributed by atoms with van der Waals surface area (Å²) in [6, 6.07) is 12.8. The number of halogens is 2. The van der Waals surface area contributed by atoms with Gasteiger partial charge in [-0.2, -0.15) is 0 Å². The molecule has 0 spiro atoms. The van der Waals surface area contributed by atoms with Crippen LogP contribution in [0, 0.1) is 17.4 Å². The van der Waals surface area contributed by atoms with Gasteiger partial charge in [-0.15, -0.1) is 0 Å². The van der Waals surface area contributed by atoms with Crippen molar-refractivity contribution in [1.29, 1.82) is 0 Å². The third-order valence-corrected chi connectivity index (χ3v) is 4.18. The molecule has 0 aromatic heterocycles. The maximum absolute atomic E-state index is 6.26. The van der Waals surface area contributed by atoms with E-state index in [4.69, 9.17) is 11.6 Å². The smallest absolute Gasteiger partial charge is 0.0648 e. The second-order valence-corrected chi connectivity index (χ2v) is 6.50. The summed E-state index contributed by atoms with van der Waals surface area (Å²) in [5.41, 5.74) is 4.89. The number of aryl methyl sites for hydroxylation is 2. The lowest BCUT2D eigenvalue weighted by molar-refractivity contribution is 0.873. The average molecular weight is 386 g/mol. The summed E-state index contributed by atoms with van der Waals surface area (Å²) in [7, 11) is 0. The van der Waals surface area contributed by atoms with Crippen LogP contribution in [0.5, 0.6) is 0 Å². The lowest BCUT2D eigenvalue weighted by Crippen LogP contribution is -2.08. The first kappa shape index (κ1) is 14.7. The second-order valence-electron chi connectivity index (χ2n) is 4.85. The molecular weight excluding hydrogens is 369 g/mol. The van der Waals surface area contributed by atoms with E-state index in [1.165, 1.54) is 16.7 Å². The quantitative estimate of drug-likeness (QED) is 0.665. The molecule has 0 heterocycles. The van der Waals surface area contributed by atoms with Crippen molar-refractivity contribution in [1.82, 2.24) is 0 Å². The fourth-order valence-electron chi connectivity index (χ4n) is 2.23. The minimum Gasteiger partial charge on any atom is -0.377 e. The predicted octanol–water partition coefficient (Wildman–Crippen LogP) is 5.73. The van der Waals surface area contributed by atoms with Crippen LogP contribution in [0.4, 0.5) is 5.69 Å². The SMILES string of the molecule is Cc1ccc(C(C)Nc2ccc(I)cc2Cl)c(C)c1. The van der Waals surface area contributed by atoms with E-state index in [0.717, 1.165) is 14.3 Å². The Morgan fingerprint density at radius 1 is 1.11 bits per heavy atom. The van der Waals surface area contributed by atoms with Gasteiger partial charge in [-0.3, -0.25) is 0 Å². The number of rotatable bonds is 3. The summed E-state index contributed by atoms with van der Waals surface area (Å²) in [4.78, 5) is 0. The molecule has 1 atom stereocenters. The lowest BCUT2D eigenvalue weighted by Gasteiger charge is -2.19. The second kappa shape index (κ2) is 6.14. The Kier molecular flexibility index (Phi) is 4.74. The minimum absolute atomic E-state index is 0.234. The Morgan fingerprint density at radius 2 is 1.84 bits per heavy atom. The lowest BCUT2D eigenvalue weighted by atomic mass is 10.00. The number of anilines is 1. The molecule has 0 fully saturated rings. The molecule has 2 rings (SSSR count). The molecule has 1 unspecified atom stereocenters. The number of benzene rings is 2. The first-order valence-electron chi connectivity index (χ1n) is 6.26. The maximum Gasteiger partial charge on any atom is 0.0648 e. The molecule has 0 aliphatic carbocycles. The first-order valence-corrected chi connectivity index (χ1v) is 7.72. The summed E-state index contributed by atoms with van der Waals surface area (Å²) in [6.07, 6.45) is 0. The summed E-state index contributed by atoms with van der Waals surface area (Å²) in [5, 5.41) is 4.25. The van der Waals surface area contributed by atoms with E-state index >= 15 is 0 Å². The largest absolute Gasteiger partial charge is 0.377 e. The van der Waals surface area contributed by atoms with Gasteiger partial charge in [0, 0.05) is 9.61 Å². The van der Waals surface area contributed by atoms with Crippen molar-refractivity contribution in [3.63, 3.8) is 0 Å². The summed E-state index contributed by atoms with van der Waals surface area (Å²) in [5.74, 6) is 0. The van der Waals surface area contributed by atoms with Crippen molar-refractivity contribution < 1.29 is 0 Å².